The summed E-state index contributed by atoms with van der Waals surface area (Å²) >= 11 is 5.70. The van der Waals surface area contributed by atoms with Gasteiger partial charge in [0.05, 0.1) is 5.92 Å². The Bertz CT molecular complexity index is 455. The van der Waals surface area contributed by atoms with Crippen molar-refractivity contribution >= 4 is 23.4 Å². The number of carbonyl (C=O) groups is 2. The van der Waals surface area contributed by atoms with Crippen molar-refractivity contribution in [2.75, 3.05) is 7.05 Å². The van der Waals surface area contributed by atoms with E-state index in [0.29, 0.717) is 5.56 Å². The van der Waals surface area contributed by atoms with Crippen molar-refractivity contribution in [3.8, 4) is 0 Å². The number of benzene rings is 1. The number of carbonyl (C=O) groups excluding carboxylic acids is 2. The molecule has 84 valence electrons. The van der Waals surface area contributed by atoms with Gasteiger partial charge in [0.2, 0.25) is 11.8 Å². The number of halogens is 2. The first kappa shape index (κ1) is 11.1. The minimum absolute atomic E-state index is 0.0785. The molecule has 1 fully saturated rings. The highest BCUT2D eigenvalue weighted by atomic mass is 35.5. The Labute approximate surface area is 96.8 Å². The molecule has 1 aliphatic rings. The van der Waals surface area contributed by atoms with E-state index in [0.717, 1.165) is 11.0 Å². The molecule has 1 aromatic carbocycles. The summed E-state index contributed by atoms with van der Waals surface area (Å²) in [4.78, 5) is 24.1. The molecule has 0 aliphatic carbocycles. The van der Waals surface area contributed by atoms with E-state index < -0.39 is 11.7 Å². The molecule has 1 unspecified atom stereocenters. The second-order valence-corrected chi connectivity index (χ2v) is 4.19. The van der Waals surface area contributed by atoms with Crippen LogP contribution in [0.1, 0.15) is 17.9 Å². The number of imide groups is 1. The Balaban J connectivity index is 2.38. The van der Waals surface area contributed by atoms with Crippen molar-refractivity contribution in [2.45, 2.75) is 12.3 Å². The minimum Gasteiger partial charge on any atom is -0.285 e. The van der Waals surface area contributed by atoms with Gasteiger partial charge in [0.1, 0.15) is 5.82 Å². The molecule has 0 aromatic heterocycles. The highest BCUT2D eigenvalue weighted by Gasteiger charge is 2.37. The highest BCUT2D eigenvalue weighted by Crippen LogP contribution is 2.30. The topological polar surface area (TPSA) is 37.4 Å². The van der Waals surface area contributed by atoms with E-state index in [4.69, 9.17) is 11.6 Å². The SMILES string of the molecule is CN1C(=O)CC(c2cc(F)cc(Cl)c2)C1=O. The summed E-state index contributed by atoms with van der Waals surface area (Å²) < 4.78 is 13.1. The van der Waals surface area contributed by atoms with Gasteiger partial charge in [-0.1, -0.05) is 11.6 Å². The van der Waals surface area contributed by atoms with E-state index in [1.165, 1.54) is 19.2 Å². The Kier molecular flexibility index (Phi) is 2.68. The van der Waals surface area contributed by atoms with E-state index in [1.54, 1.807) is 0 Å². The molecule has 1 aromatic rings. The van der Waals surface area contributed by atoms with Crippen LogP contribution in [0.3, 0.4) is 0 Å². The maximum atomic E-state index is 13.1. The smallest absolute Gasteiger partial charge is 0.236 e. The monoisotopic (exact) mass is 241 g/mol. The third-order valence-corrected chi connectivity index (χ3v) is 2.89. The van der Waals surface area contributed by atoms with E-state index >= 15 is 0 Å². The van der Waals surface area contributed by atoms with Crippen LogP contribution in [0, 0.1) is 5.82 Å². The largest absolute Gasteiger partial charge is 0.285 e. The van der Waals surface area contributed by atoms with Crippen LogP contribution in [0.5, 0.6) is 0 Å². The highest BCUT2D eigenvalue weighted by molar-refractivity contribution is 6.30. The molecule has 0 spiro atoms. The summed E-state index contributed by atoms with van der Waals surface area (Å²) in [5.41, 5.74) is 0.452. The number of amides is 2. The van der Waals surface area contributed by atoms with Crippen molar-refractivity contribution in [3.05, 3.63) is 34.6 Å². The molecule has 16 heavy (non-hydrogen) atoms. The molecule has 2 rings (SSSR count). The van der Waals surface area contributed by atoms with E-state index in [-0.39, 0.29) is 23.3 Å². The van der Waals surface area contributed by atoms with Gasteiger partial charge in [-0.2, -0.15) is 0 Å². The van der Waals surface area contributed by atoms with E-state index in [1.807, 2.05) is 0 Å². The maximum absolute atomic E-state index is 13.1. The first-order valence-electron chi connectivity index (χ1n) is 4.75. The van der Waals surface area contributed by atoms with Crippen molar-refractivity contribution in [1.29, 1.82) is 0 Å². The van der Waals surface area contributed by atoms with Gasteiger partial charge >= 0.3 is 0 Å². The third kappa shape index (κ3) is 1.80. The standard InChI is InChI=1S/C11H9ClFNO2/c1-14-10(15)5-9(11(14)16)6-2-7(12)4-8(13)3-6/h2-4,9H,5H2,1H3. The molecular weight excluding hydrogens is 233 g/mol. The average molecular weight is 242 g/mol. The summed E-state index contributed by atoms with van der Waals surface area (Å²) in [5.74, 6) is -1.68. The van der Waals surface area contributed by atoms with Gasteiger partial charge in [0.25, 0.3) is 0 Å². The van der Waals surface area contributed by atoms with Crippen LogP contribution >= 0.6 is 11.6 Å². The number of nitrogens with zero attached hydrogens (tertiary/aromatic N) is 1. The van der Waals surface area contributed by atoms with Gasteiger partial charge < -0.3 is 0 Å². The molecular formula is C11H9ClFNO2. The molecule has 0 radical (unpaired) electrons. The van der Waals surface area contributed by atoms with E-state index in [9.17, 15) is 14.0 Å². The number of rotatable bonds is 1. The minimum atomic E-state index is -0.606. The average Bonchev–Trinajstić information content (AvgIpc) is 2.44. The third-order valence-electron chi connectivity index (χ3n) is 2.67. The zero-order valence-corrected chi connectivity index (χ0v) is 9.29. The Morgan fingerprint density at radius 2 is 2.06 bits per heavy atom. The summed E-state index contributed by atoms with van der Waals surface area (Å²) in [6.45, 7) is 0. The second kappa shape index (κ2) is 3.87. The first-order chi connectivity index (χ1) is 7.49. The van der Waals surface area contributed by atoms with Crippen LogP contribution in [0.15, 0.2) is 18.2 Å². The zero-order chi connectivity index (χ0) is 11.9. The molecule has 0 bridgehead atoms. The molecule has 0 N–H and O–H groups in total. The first-order valence-corrected chi connectivity index (χ1v) is 5.13. The van der Waals surface area contributed by atoms with Gasteiger partial charge in [0, 0.05) is 18.5 Å². The zero-order valence-electron chi connectivity index (χ0n) is 8.54. The second-order valence-electron chi connectivity index (χ2n) is 3.75. The molecule has 3 nitrogen and oxygen atoms in total. The summed E-state index contributed by atoms with van der Waals surface area (Å²) in [6.07, 6.45) is 0.0785. The Hall–Kier alpha value is -1.42. The van der Waals surface area contributed by atoms with Crippen LogP contribution < -0.4 is 0 Å². The summed E-state index contributed by atoms with van der Waals surface area (Å²) in [6, 6.07) is 3.91. The van der Waals surface area contributed by atoms with Gasteiger partial charge in [-0.25, -0.2) is 4.39 Å². The fraction of sp³-hybridized carbons (Fsp3) is 0.273. The lowest BCUT2D eigenvalue weighted by molar-refractivity contribution is -0.137. The Morgan fingerprint density at radius 1 is 1.38 bits per heavy atom. The van der Waals surface area contributed by atoms with Gasteiger partial charge in [-0.3, -0.25) is 14.5 Å². The van der Waals surface area contributed by atoms with Crippen molar-refractivity contribution in [3.63, 3.8) is 0 Å². The van der Waals surface area contributed by atoms with Crippen LogP contribution in [0.4, 0.5) is 4.39 Å². The molecule has 1 atom stereocenters. The number of hydrogen-bond acceptors (Lipinski definition) is 2. The molecule has 0 saturated carbocycles. The number of likely N-dealkylation sites (tertiary alicyclic amines) is 1. The lowest BCUT2D eigenvalue weighted by Gasteiger charge is -2.09. The van der Waals surface area contributed by atoms with Gasteiger partial charge in [-0.15, -0.1) is 0 Å². The van der Waals surface area contributed by atoms with Crippen LogP contribution in [0.2, 0.25) is 5.02 Å². The maximum Gasteiger partial charge on any atom is 0.236 e. The van der Waals surface area contributed by atoms with Crippen molar-refractivity contribution in [2.24, 2.45) is 0 Å². The van der Waals surface area contributed by atoms with Crippen LogP contribution in [-0.2, 0) is 9.59 Å². The number of likely N-dealkylation sites (N-methyl/N-ethyl adjacent to an activating group) is 1. The lowest BCUT2D eigenvalue weighted by Crippen LogP contribution is -2.25. The normalized spacial score (nSPS) is 20.7. The van der Waals surface area contributed by atoms with Crippen LogP contribution in [0.25, 0.3) is 0 Å². The molecule has 2 amide bonds. The lowest BCUT2D eigenvalue weighted by atomic mass is 9.97. The predicted molar refractivity (Wildman–Crippen MR) is 56.5 cm³/mol. The fourth-order valence-electron chi connectivity index (χ4n) is 1.79. The number of hydrogen-bond donors (Lipinski definition) is 0. The van der Waals surface area contributed by atoms with Gasteiger partial charge in [-0.05, 0) is 23.8 Å². The van der Waals surface area contributed by atoms with E-state index in [2.05, 4.69) is 0 Å². The molecule has 1 saturated heterocycles. The summed E-state index contributed by atoms with van der Waals surface area (Å²) in [5, 5.41) is 0.227. The molecule has 1 heterocycles. The summed E-state index contributed by atoms with van der Waals surface area (Å²) in [7, 11) is 1.42. The quantitative estimate of drug-likeness (QED) is 0.705. The van der Waals surface area contributed by atoms with Crippen molar-refractivity contribution < 1.29 is 14.0 Å². The van der Waals surface area contributed by atoms with Crippen LogP contribution in [-0.4, -0.2) is 23.8 Å². The Morgan fingerprint density at radius 3 is 2.56 bits per heavy atom. The van der Waals surface area contributed by atoms with Gasteiger partial charge in [0.15, 0.2) is 0 Å². The van der Waals surface area contributed by atoms with Crippen molar-refractivity contribution in [1.82, 2.24) is 4.90 Å². The molecule has 5 heteroatoms. The molecule has 1 aliphatic heterocycles. The fourth-order valence-corrected chi connectivity index (χ4v) is 2.02. The predicted octanol–water partition coefficient (Wildman–Crippen LogP) is 1.95.